The van der Waals surface area contributed by atoms with E-state index in [9.17, 15) is 14.0 Å². The van der Waals surface area contributed by atoms with Crippen molar-refractivity contribution in [2.45, 2.75) is 12.5 Å². The third-order valence-corrected chi connectivity index (χ3v) is 6.68. The lowest BCUT2D eigenvalue weighted by Gasteiger charge is -2.27. The van der Waals surface area contributed by atoms with Gasteiger partial charge in [0, 0.05) is 25.6 Å². The Kier molecular flexibility index (Phi) is 8.29. The highest BCUT2D eigenvalue weighted by molar-refractivity contribution is 7.12. The van der Waals surface area contributed by atoms with Crippen LogP contribution in [0.3, 0.4) is 0 Å². The Bertz CT molecular complexity index is 1230. The van der Waals surface area contributed by atoms with Crippen LogP contribution in [0.4, 0.5) is 14.9 Å². The molecule has 0 unspecified atom stereocenters. The third kappa shape index (κ3) is 5.72. The molecule has 10 heteroatoms. The molecule has 4 rings (SSSR count). The lowest BCUT2D eigenvalue weighted by molar-refractivity contribution is -0.133. The lowest BCUT2D eigenvalue weighted by atomic mass is 10.0. The Morgan fingerprint density at radius 1 is 1.14 bits per heavy atom. The molecular formula is C26H27FN4O4S. The number of benzene rings is 2. The normalized spacial score (nSPS) is 14.9. The summed E-state index contributed by atoms with van der Waals surface area (Å²) in [5, 5.41) is 10.6. The number of hydrazone groups is 1. The van der Waals surface area contributed by atoms with Crippen LogP contribution >= 0.6 is 11.3 Å². The molecule has 0 aliphatic carbocycles. The number of para-hydroxylation sites is 2. The Hall–Kier alpha value is -3.76. The Labute approximate surface area is 212 Å². The van der Waals surface area contributed by atoms with Gasteiger partial charge in [-0.1, -0.05) is 36.4 Å². The highest BCUT2D eigenvalue weighted by atomic mass is 32.1. The predicted molar refractivity (Wildman–Crippen MR) is 137 cm³/mol. The fourth-order valence-corrected chi connectivity index (χ4v) is 4.67. The third-order valence-electron chi connectivity index (χ3n) is 5.76. The van der Waals surface area contributed by atoms with Gasteiger partial charge < -0.3 is 19.7 Å². The van der Waals surface area contributed by atoms with Crippen molar-refractivity contribution >= 4 is 34.7 Å². The molecular weight excluding hydrogens is 483 g/mol. The van der Waals surface area contributed by atoms with Crippen LogP contribution in [0, 0.1) is 5.82 Å². The molecule has 2 heterocycles. The van der Waals surface area contributed by atoms with Crippen molar-refractivity contribution < 1.29 is 23.5 Å². The van der Waals surface area contributed by atoms with Gasteiger partial charge in [0.05, 0.1) is 36.0 Å². The van der Waals surface area contributed by atoms with Gasteiger partial charge in [-0.3, -0.25) is 4.79 Å². The van der Waals surface area contributed by atoms with Crippen molar-refractivity contribution in [2.24, 2.45) is 5.10 Å². The van der Waals surface area contributed by atoms with E-state index >= 15 is 0 Å². The summed E-state index contributed by atoms with van der Waals surface area (Å²) in [4.78, 5) is 28.9. The number of carbonyl (C=O) groups is 2. The molecule has 188 valence electrons. The molecule has 3 aromatic rings. The molecule has 0 saturated carbocycles. The molecule has 0 spiro atoms. The molecule has 1 atom stereocenters. The maximum Gasteiger partial charge on any atom is 0.322 e. The number of nitrogens with zero attached hydrogens (tertiary/aromatic N) is 3. The first-order valence-corrected chi connectivity index (χ1v) is 12.3. The number of rotatable bonds is 9. The van der Waals surface area contributed by atoms with Gasteiger partial charge in [0.15, 0.2) is 0 Å². The molecule has 8 nitrogen and oxygen atoms in total. The number of nitrogens with one attached hydrogen (secondary N) is 1. The van der Waals surface area contributed by atoms with E-state index in [1.807, 2.05) is 17.5 Å². The molecule has 1 aliphatic rings. The number of methoxy groups -OCH3 is 2. The SMILES string of the molecule is COCCN(CC(=O)N1N=C(c2cccs2)C[C@H]1c1ccccc1F)C(=O)Nc1ccccc1OC. The summed E-state index contributed by atoms with van der Waals surface area (Å²) < 4.78 is 25.2. The van der Waals surface area contributed by atoms with Crippen molar-refractivity contribution in [1.29, 1.82) is 0 Å². The maximum absolute atomic E-state index is 14.7. The summed E-state index contributed by atoms with van der Waals surface area (Å²) in [5.74, 6) is -0.345. The number of thiophene rings is 1. The van der Waals surface area contributed by atoms with Gasteiger partial charge in [0.25, 0.3) is 5.91 Å². The molecule has 1 N–H and O–H groups in total. The first-order valence-electron chi connectivity index (χ1n) is 11.4. The van der Waals surface area contributed by atoms with Gasteiger partial charge in [0.1, 0.15) is 18.1 Å². The van der Waals surface area contributed by atoms with Crippen molar-refractivity contribution in [3.8, 4) is 5.75 Å². The fraction of sp³-hybridized carbons (Fsp3) is 0.269. The molecule has 0 fully saturated rings. The molecule has 0 saturated heterocycles. The molecule has 36 heavy (non-hydrogen) atoms. The van der Waals surface area contributed by atoms with E-state index in [-0.39, 0.29) is 19.7 Å². The minimum Gasteiger partial charge on any atom is -0.495 e. The van der Waals surface area contributed by atoms with E-state index in [1.54, 1.807) is 42.5 Å². The summed E-state index contributed by atoms with van der Waals surface area (Å²) in [7, 11) is 3.03. The summed E-state index contributed by atoms with van der Waals surface area (Å²) >= 11 is 1.50. The van der Waals surface area contributed by atoms with Crippen LogP contribution in [-0.2, 0) is 9.53 Å². The van der Waals surface area contributed by atoms with E-state index in [0.29, 0.717) is 29.1 Å². The van der Waals surface area contributed by atoms with Gasteiger partial charge >= 0.3 is 6.03 Å². The molecule has 0 radical (unpaired) electrons. The maximum atomic E-state index is 14.7. The highest BCUT2D eigenvalue weighted by Crippen LogP contribution is 2.35. The smallest absolute Gasteiger partial charge is 0.322 e. The van der Waals surface area contributed by atoms with E-state index in [2.05, 4.69) is 10.4 Å². The summed E-state index contributed by atoms with van der Waals surface area (Å²) in [6.07, 6.45) is 0.374. The van der Waals surface area contributed by atoms with Gasteiger partial charge in [-0.25, -0.2) is 14.2 Å². The minimum atomic E-state index is -0.614. The number of hydrogen-bond acceptors (Lipinski definition) is 6. The molecule has 1 aliphatic heterocycles. The van der Waals surface area contributed by atoms with Gasteiger partial charge in [-0.05, 0) is 29.6 Å². The monoisotopic (exact) mass is 510 g/mol. The number of carbonyl (C=O) groups excluding carboxylic acids is 2. The van der Waals surface area contributed by atoms with Gasteiger partial charge in [-0.2, -0.15) is 5.10 Å². The summed E-state index contributed by atoms with van der Waals surface area (Å²) in [6.45, 7) is 0.131. The zero-order chi connectivity index (χ0) is 25.5. The lowest BCUT2D eigenvalue weighted by Crippen LogP contribution is -2.44. The standard InChI is InChI=1S/C26H27FN4O4S/c1-34-14-13-30(26(33)28-20-10-5-6-11-23(20)35-2)17-25(32)31-22(18-8-3-4-9-19(18)27)16-21(29-31)24-12-7-15-36-24/h3-12,15,22H,13-14,16-17H2,1-2H3,(H,28,33)/t22-/m0/s1. The van der Waals surface area contributed by atoms with Crippen molar-refractivity contribution in [3.63, 3.8) is 0 Å². The van der Waals surface area contributed by atoms with Gasteiger partial charge in [-0.15, -0.1) is 11.3 Å². The van der Waals surface area contributed by atoms with Crippen molar-refractivity contribution in [3.05, 3.63) is 82.3 Å². The molecule has 1 aromatic heterocycles. The largest absolute Gasteiger partial charge is 0.495 e. The van der Waals surface area contributed by atoms with Crippen LogP contribution in [0.1, 0.15) is 22.9 Å². The Morgan fingerprint density at radius 2 is 1.92 bits per heavy atom. The Morgan fingerprint density at radius 3 is 2.64 bits per heavy atom. The number of halogens is 1. The second kappa shape index (κ2) is 11.8. The van der Waals surface area contributed by atoms with Crippen molar-refractivity contribution in [2.75, 3.05) is 39.2 Å². The first kappa shape index (κ1) is 25.3. The van der Waals surface area contributed by atoms with Crippen LogP contribution in [0.5, 0.6) is 5.75 Å². The topological polar surface area (TPSA) is 83.5 Å². The highest BCUT2D eigenvalue weighted by Gasteiger charge is 2.36. The quantitative estimate of drug-likeness (QED) is 0.450. The van der Waals surface area contributed by atoms with E-state index < -0.39 is 23.8 Å². The molecule has 2 aromatic carbocycles. The van der Waals surface area contributed by atoms with E-state index in [1.165, 1.54) is 41.5 Å². The second-order valence-corrected chi connectivity index (χ2v) is 9.00. The van der Waals surface area contributed by atoms with Gasteiger partial charge in [0.2, 0.25) is 0 Å². The van der Waals surface area contributed by atoms with Crippen LogP contribution in [0.2, 0.25) is 0 Å². The zero-order valence-electron chi connectivity index (χ0n) is 20.0. The average Bonchev–Trinajstić information content (AvgIpc) is 3.57. The number of ether oxygens (including phenoxy) is 2. The predicted octanol–water partition coefficient (Wildman–Crippen LogP) is 4.75. The molecule has 3 amide bonds. The second-order valence-electron chi connectivity index (χ2n) is 8.05. The van der Waals surface area contributed by atoms with Crippen LogP contribution in [0.15, 0.2) is 71.1 Å². The minimum absolute atomic E-state index is 0.170. The van der Waals surface area contributed by atoms with Crippen LogP contribution in [0.25, 0.3) is 0 Å². The van der Waals surface area contributed by atoms with E-state index in [4.69, 9.17) is 9.47 Å². The zero-order valence-corrected chi connectivity index (χ0v) is 20.8. The van der Waals surface area contributed by atoms with Crippen LogP contribution in [-0.4, -0.2) is 61.5 Å². The summed E-state index contributed by atoms with van der Waals surface area (Å²) in [6, 6.07) is 16.1. The Balaban J connectivity index is 1.58. The summed E-state index contributed by atoms with van der Waals surface area (Å²) in [5.41, 5.74) is 1.56. The van der Waals surface area contributed by atoms with Crippen LogP contribution < -0.4 is 10.1 Å². The van der Waals surface area contributed by atoms with Crippen molar-refractivity contribution in [1.82, 2.24) is 9.91 Å². The molecule has 0 bridgehead atoms. The van der Waals surface area contributed by atoms with E-state index in [0.717, 1.165) is 4.88 Å². The number of amides is 3. The number of urea groups is 1. The number of hydrogen-bond donors (Lipinski definition) is 1. The average molecular weight is 511 g/mol. The fourth-order valence-electron chi connectivity index (χ4n) is 3.95. The first-order chi connectivity index (χ1) is 17.5. The number of anilines is 1.